The molecule has 76 valence electrons. The molecule has 0 aromatic heterocycles. The fourth-order valence-corrected chi connectivity index (χ4v) is 2.33. The molecule has 0 N–H and O–H groups in total. The highest BCUT2D eigenvalue weighted by molar-refractivity contribution is 5.88. The van der Waals surface area contributed by atoms with Gasteiger partial charge in [-0.05, 0) is 18.9 Å². The highest BCUT2D eigenvalue weighted by Crippen LogP contribution is 2.34. The van der Waals surface area contributed by atoms with E-state index in [0.717, 1.165) is 19.3 Å². The van der Waals surface area contributed by atoms with Crippen molar-refractivity contribution in [2.24, 2.45) is 11.8 Å². The Labute approximate surface area is 83.1 Å². The van der Waals surface area contributed by atoms with Gasteiger partial charge in [-0.3, -0.25) is 9.59 Å². The molecule has 1 fully saturated rings. The molecule has 3 atom stereocenters. The SMILES string of the molecule is CC(=O)OC1C=CC2CCCC1C2=O. The van der Waals surface area contributed by atoms with Gasteiger partial charge in [-0.2, -0.15) is 0 Å². The molecule has 0 amide bonds. The standard InChI is InChI=1S/C11H14O3/c1-7(12)14-10-6-5-8-3-2-4-9(10)11(8)13/h5-6,8-10H,2-4H2,1H3. The summed E-state index contributed by atoms with van der Waals surface area (Å²) >= 11 is 0. The zero-order chi connectivity index (χ0) is 10.1. The topological polar surface area (TPSA) is 43.4 Å². The van der Waals surface area contributed by atoms with Crippen LogP contribution in [0.1, 0.15) is 26.2 Å². The van der Waals surface area contributed by atoms with Gasteiger partial charge < -0.3 is 4.74 Å². The Morgan fingerprint density at radius 2 is 2.21 bits per heavy atom. The lowest BCUT2D eigenvalue weighted by Gasteiger charge is -2.33. The van der Waals surface area contributed by atoms with E-state index in [0.29, 0.717) is 0 Å². The van der Waals surface area contributed by atoms with Gasteiger partial charge in [-0.1, -0.05) is 12.5 Å². The van der Waals surface area contributed by atoms with Crippen LogP contribution in [-0.2, 0) is 14.3 Å². The molecule has 0 radical (unpaired) electrons. The van der Waals surface area contributed by atoms with Crippen LogP contribution in [0.25, 0.3) is 0 Å². The van der Waals surface area contributed by atoms with Crippen molar-refractivity contribution >= 4 is 11.8 Å². The maximum absolute atomic E-state index is 11.8. The molecule has 2 aliphatic rings. The third kappa shape index (κ3) is 1.59. The van der Waals surface area contributed by atoms with Crippen LogP contribution in [0.4, 0.5) is 0 Å². The van der Waals surface area contributed by atoms with Gasteiger partial charge in [0.05, 0.1) is 5.92 Å². The van der Waals surface area contributed by atoms with Crippen molar-refractivity contribution < 1.29 is 14.3 Å². The van der Waals surface area contributed by atoms with Gasteiger partial charge >= 0.3 is 5.97 Å². The number of hydrogen-bond donors (Lipinski definition) is 0. The van der Waals surface area contributed by atoms with Gasteiger partial charge in [-0.25, -0.2) is 0 Å². The lowest BCUT2D eigenvalue weighted by Crippen LogP contribution is -2.40. The molecule has 2 aliphatic carbocycles. The van der Waals surface area contributed by atoms with Crippen molar-refractivity contribution in [3.05, 3.63) is 12.2 Å². The Kier molecular flexibility index (Phi) is 2.40. The smallest absolute Gasteiger partial charge is 0.303 e. The first kappa shape index (κ1) is 9.44. The normalized spacial score (nSPS) is 35.5. The molecule has 0 aromatic rings. The molecular formula is C11H14O3. The molecular weight excluding hydrogens is 180 g/mol. The minimum absolute atomic E-state index is 0.0809. The van der Waals surface area contributed by atoms with Crippen LogP contribution in [0.5, 0.6) is 0 Å². The van der Waals surface area contributed by atoms with Crippen LogP contribution in [0.15, 0.2) is 12.2 Å². The average Bonchev–Trinajstić information content (AvgIpc) is 2.09. The lowest BCUT2D eigenvalue weighted by molar-refractivity contribution is -0.150. The molecule has 0 aliphatic heterocycles. The van der Waals surface area contributed by atoms with Crippen LogP contribution in [0.2, 0.25) is 0 Å². The Bertz CT molecular complexity index is 293. The average molecular weight is 194 g/mol. The molecule has 3 unspecified atom stereocenters. The van der Waals surface area contributed by atoms with Gasteiger partial charge in [-0.15, -0.1) is 0 Å². The van der Waals surface area contributed by atoms with Crippen molar-refractivity contribution in [2.45, 2.75) is 32.3 Å². The van der Waals surface area contributed by atoms with Gasteiger partial charge in [0, 0.05) is 12.8 Å². The van der Waals surface area contributed by atoms with E-state index in [4.69, 9.17) is 4.74 Å². The second-order valence-corrected chi connectivity index (χ2v) is 4.01. The molecule has 14 heavy (non-hydrogen) atoms. The van der Waals surface area contributed by atoms with E-state index in [-0.39, 0.29) is 29.7 Å². The zero-order valence-corrected chi connectivity index (χ0v) is 8.23. The molecule has 0 aromatic carbocycles. The maximum Gasteiger partial charge on any atom is 0.303 e. The summed E-state index contributed by atoms with van der Waals surface area (Å²) in [5.41, 5.74) is 0. The molecule has 1 saturated carbocycles. The first-order valence-electron chi connectivity index (χ1n) is 5.08. The van der Waals surface area contributed by atoms with Crippen LogP contribution in [-0.4, -0.2) is 17.9 Å². The molecule has 3 heteroatoms. The Morgan fingerprint density at radius 3 is 2.93 bits per heavy atom. The fraction of sp³-hybridized carbons (Fsp3) is 0.636. The second-order valence-electron chi connectivity index (χ2n) is 4.01. The highest BCUT2D eigenvalue weighted by Gasteiger charge is 2.38. The summed E-state index contributed by atoms with van der Waals surface area (Å²) in [4.78, 5) is 22.6. The number of carbonyl (C=O) groups is 2. The summed E-state index contributed by atoms with van der Waals surface area (Å²) in [5, 5.41) is 0. The third-order valence-corrected chi connectivity index (χ3v) is 2.99. The van der Waals surface area contributed by atoms with Gasteiger partial charge in [0.15, 0.2) is 0 Å². The Hall–Kier alpha value is -1.12. The number of rotatable bonds is 1. The number of allylic oxidation sites excluding steroid dienone is 1. The summed E-state index contributed by atoms with van der Waals surface area (Å²) in [6.07, 6.45) is 6.33. The number of ketones is 1. The third-order valence-electron chi connectivity index (χ3n) is 2.99. The van der Waals surface area contributed by atoms with E-state index in [1.807, 2.05) is 12.2 Å². The number of carbonyl (C=O) groups excluding carboxylic acids is 2. The van der Waals surface area contributed by atoms with E-state index in [9.17, 15) is 9.59 Å². The molecule has 0 heterocycles. The summed E-state index contributed by atoms with van der Waals surface area (Å²) in [6.45, 7) is 1.38. The molecule has 0 saturated heterocycles. The Balaban J connectivity index is 2.16. The minimum Gasteiger partial charge on any atom is -0.458 e. The van der Waals surface area contributed by atoms with Crippen LogP contribution in [0.3, 0.4) is 0 Å². The first-order valence-corrected chi connectivity index (χ1v) is 5.08. The van der Waals surface area contributed by atoms with E-state index < -0.39 is 0 Å². The van der Waals surface area contributed by atoms with Crippen molar-refractivity contribution in [1.82, 2.24) is 0 Å². The predicted octanol–water partition coefficient (Wildman–Crippen LogP) is 1.47. The van der Waals surface area contributed by atoms with Gasteiger partial charge in [0.1, 0.15) is 11.9 Å². The van der Waals surface area contributed by atoms with Gasteiger partial charge in [0.2, 0.25) is 0 Å². The number of hydrogen-bond acceptors (Lipinski definition) is 3. The van der Waals surface area contributed by atoms with Crippen molar-refractivity contribution in [3.8, 4) is 0 Å². The predicted molar refractivity (Wildman–Crippen MR) is 50.5 cm³/mol. The number of Topliss-reactive ketones (excluding diaryl/α,β-unsaturated/α-hetero) is 1. The molecule has 2 rings (SSSR count). The number of ether oxygens (including phenoxy) is 1. The summed E-state index contributed by atoms with van der Waals surface area (Å²) in [5.74, 6) is -0.0512. The molecule has 0 spiro atoms. The molecule has 3 nitrogen and oxygen atoms in total. The first-order chi connectivity index (χ1) is 6.68. The summed E-state index contributed by atoms with van der Waals surface area (Å²) in [7, 11) is 0. The maximum atomic E-state index is 11.8. The largest absolute Gasteiger partial charge is 0.458 e. The molecule has 2 bridgehead atoms. The Morgan fingerprint density at radius 1 is 1.43 bits per heavy atom. The van der Waals surface area contributed by atoms with E-state index in [1.165, 1.54) is 6.92 Å². The van der Waals surface area contributed by atoms with Crippen molar-refractivity contribution in [3.63, 3.8) is 0 Å². The van der Waals surface area contributed by atoms with Crippen molar-refractivity contribution in [2.75, 3.05) is 0 Å². The fourth-order valence-electron chi connectivity index (χ4n) is 2.33. The minimum atomic E-state index is -0.309. The number of esters is 1. The second kappa shape index (κ2) is 3.56. The van der Waals surface area contributed by atoms with E-state index in [2.05, 4.69) is 0 Å². The lowest BCUT2D eigenvalue weighted by atomic mass is 9.73. The van der Waals surface area contributed by atoms with E-state index in [1.54, 1.807) is 0 Å². The zero-order valence-electron chi connectivity index (χ0n) is 8.23. The summed E-state index contributed by atoms with van der Waals surface area (Å²) in [6, 6.07) is 0. The van der Waals surface area contributed by atoms with Crippen LogP contribution < -0.4 is 0 Å². The quantitative estimate of drug-likeness (QED) is 0.469. The van der Waals surface area contributed by atoms with Crippen LogP contribution >= 0.6 is 0 Å². The van der Waals surface area contributed by atoms with Gasteiger partial charge in [0.25, 0.3) is 0 Å². The van der Waals surface area contributed by atoms with E-state index >= 15 is 0 Å². The number of fused-ring (bicyclic) bond motifs is 2. The van der Waals surface area contributed by atoms with Crippen molar-refractivity contribution in [1.29, 1.82) is 0 Å². The van der Waals surface area contributed by atoms with Crippen LogP contribution in [0, 0.1) is 11.8 Å². The monoisotopic (exact) mass is 194 g/mol. The highest BCUT2D eigenvalue weighted by atomic mass is 16.5. The summed E-state index contributed by atoms with van der Waals surface area (Å²) < 4.78 is 5.10.